The van der Waals surface area contributed by atoms with E-state index in [1.807, 2.05) is 69.3 Å². The molecule has 8 heteroatoms. The number of aromatic nitrogens is 1. The number of ether oxygens (including phenoxy) is 4. The van der Waals surface area contributed by atoms with Crippen molar-refractivity contribution < 1.29 is 28.5 Å². The molecule has 0 amide bonds. The molecule has 3 aromatic rings. The van der Waals surface area contributed by atoms with Gasteiger partial charge >= 0.3 is 207 Å². The Kier molecular flexibility index (Phi) is 8.21. The topological polar surface area (TPSA) is 84.0 Å². The molecule has 2 aromatic carbocycles. The van der Waals surface area contributed by atoms with Gasteiger partial charge in [-0.05, 0) is 0 Å². The summed E-state index contributed by atoms with van der Waals surface area (Å²) < 4.78 is 20.5. The molecule has 1 atom stereocenters. The van der Waals surface area contributed by atoms with E-state index in [0.29, 0.717) is 17.9 Å². The predicted molar refractivity (Wildman–Crippen MR) is 132 cm³/mol. The number of carbonyl (C=O) groups is 2. The van der Waals surface area contributed by atoms with Crippen molar-refractivity contribution in [2.75, 3.05) is 21.3 Å². The van der Waals surface area contributed by atoms with Crippen molar-refractivity contribution in [3.05, 3.63) is 54.1 Å². The van der Waals surface area contributed by atoms with E-state index in [4.69, 9.17) is 23.9 Å². The summed E-state index contributed by atoms with van der Waals surface area (Å²) >= 11 is -1.04. The Morgan fingerprint density at radius 3 is 2.24 bits per heavy atom. The van der Waals surface area contributed by atoms with E-state index in [2.05, 4.69) is 0 Å². The Labute approximate surface area is 206 Å². The van der Waals surface area contributed by atoms with E-state index in [9.17, 15) is 9.59 Å². The number of esters is 1. The Balaban J connectivity index is 1.88. The van der Waals surface area contributed by atoms with Gasteiger partial charge in [0.2, 0.25) is 0 Å². The normalized spacial score (nSPS) is 12.5. The molecule has 0 fully saturated rings. The van der Waals surface area contributed by atoms with Gasteiger partial charge in [0, 0.05) is 0 Å². The van der Waals surface area contributed by atoms with Crippen molar-refractivity contribution >= 4 is 37.4 Å². The Hall–Kier alpha value is -3.05. The van der Waals surface area contributed by atoms with E-state index < -0.39 is 32.0 Å². The molecule has 1 unspecified atom stereocenters. The number of hydrogen-bond acceptors (Lipinski definition) is 7. The molecule has 0 N–H and O–H groups in total. The number of hydrogen-bond donors (Lipinski definition) is 0. The standard InChI is InChI=1S/C26H29AsNO6/c1-26(2,3)34-25(30)27-18(24(29)33-6)15-16-10-12-19-17(14-16)11-13-20(28-19)23-21(31-4)8-7-9-22(23)32-5/h7-14,18H,15H2,1-6H3. The van der Waals surface area contributed by atoms with Crippen LogP contribution < -0.4 is 9.47 Å². The van der Waals surface area contributed by atoms with Crippen molar-refractivity contribution in [2.45, 2.75) is 37.5 Å². The van der Waals surface area contributed by atoms with Crippen molar-refractivity contribution in [3.63, 3.8) is 0 Å². The van der Waals surface area contributed by atoms with Crippen LogP contribution >= 0.6 is 0 Å². The summed E-state index contributed by atoms with van der Waals surface area (Å²) in [5, 5.41) is 0.923. The summed E-state index contributed by atoms with van der Waals surface area (Å²) in [7, 11) is 4.56. The number of methoxy groups -OCH3 is 3. The zero-order valence-corrected chi connectivity index (χ0v) is 22.1. The number of nitrogens with zero attached hydrogens (tertiary/aromatic N) is 1. The number of pyridine rings is 1. The molecule has 0 spiro atoms. The molecular weight excluding hydrogens is 497 g/mol. The second-order valence-corrected chi connectivity index (χ2v) is 11.2. The zero-order valence-electron chi connectivity index (χ0n) is 20.2. The van der Waals surface area contributed by atoms with E-state index in [-0.39, 0.29) is 4.76 Å². The van der Waals surface area contributed by atoms with E-state index in [1.165, 1.54) is 7.11 Å². The van der Waals surface area contributed by atoms with Crippen molar-refractivity contribution in [1.29, 1.82) is 0 Å². The third kappa shape index (κ3) is 6.29. The molecule has 7 nitrogen and oxygen atoms in total. The first-order chi connectivity index (χ1) is 16.1. The van der Waals surface area contributed by atoms with Crippen molar-refractivity contribution in [3.8, 4) is 22.8 Å². The van der Waals surface area contributed by atoms with Gasteiger partial charge in [-0.1, -0.05) is 0 Å². The van der Waals surface area contributed by atoms with Crippen LogP contribution in [0.15, 0.2) is 48.5 Å². The fourth-order valence-corrected chi connectivity index (χ4v) is 5.80. The average molecular weight is 526 g/mol. The van der Waals surface area contributed by atoms with E-state index in [1.54, 1.807) is 14.2 Å². The van der Waals surface area contributed by atoms with Crippen LogP contribution in [0.2, 0.25) is 4.71 Å². The van der Waals surface area contributed by atoms with Gasteiger partial charge in [0.1, 0.15) is 0 Å². The molecule has 0 saturated carbocycles. The Bertz CT molecular complexity index is 1170. The first-order valence-electron chi connectivity index (χ1n) is 10.8. The molecule has 0 saturated heterocycles. The van der Waals surface area contributed by atoms with Crippen LogP contribution in [0, 0.1) is 0 Å². The third-order valence-corrected chi connectivity index (χ3v) is 7.11. The monoisotopic (exact) mass is 526 g/mol. The molecule has 1 radical (unpaired) electrons. The van der Waals surface area contributed by atoms with Crippen LogP contribution in [0.25, 0.3) is 22.2 Å². The second-order valence-electron chi connectivity index (χ2n) is 8.61. The molecule has 0 aliphatic heterocycles. The summed E-state index contributed by atoms with van der Waals surface area (Å²) in [6.45, 7) is 5.43. The SMILES string of the molecule is COC(=O)C(Cc1ccc2nc(-c3c(OC)cccc3OC)ccc2c1)[As]C(=O)OC(C)(C)C. The number of benzene rings is 2. The molecule has 0 aliphatic rings. The van der Waals surface area contributed by atoms with Gasteiger partial charge in [-0.2, -0.15) is 0 Å². The summed E-state index contributed by atoms with van der Waals surface area (Å²) in [6.07, 6.45) is 0.393. The molecule has 0 aliphatic carbocycles. The van der Waals surface area contributed by atoms with Gasteiger partial charge in [0.25, 0.3) is 0 Å². The Morgan fingerprint density at radius 1 is 0.971 bits per heavy atom. The maximum absolute atomic E-state index is 12.4. The number of carbonyl (C=O) groups excluding carboxylic acids is 2. The van der Waals surface area contributed by atoms with Crippen LogP contribution in [0.3, 0.4) is 0 Å². The van der Waals surface area contributed by atoms with Crippen LogP contribution in [-0.4, -0.2) is 58.4 Å². The van der Waals surface area contributed by atoms with Gasteiger partial charge < -0.3 is 0 Å². The van der Waals surface area contributed by atoms with Crippen molar-refractivity contribution in [1.82, 2.24) is 4.98 Å². The maximum atomic E-state index is 12.4. The Morgan fingerprint density at radius 2 is 1.65 bits per heavy atom. The molecule has 179 valence electrons. The van der Waals surface area contributed by atoms with Gasteiger partial charge in [-0.15, -0.1) is 0 Å². The van der Waals surface area contributed by atoms with E-state index in [0.717, 1.165) is 27.7 Å². The third-order valence-electron chi connectivity index (χ3n) is 4.99. The quantitative estimate of drug-likeness (QED) is 0.300. The van der Waals surface area contributed by atoms with Gasteiger partial charge in [0.05, 0.1) is 0 Å². The summed E-state index contributed by atoms with van der Waals surface area (Å²) in [4.78, 5) is 29.5. The van der Waals surface area contributed by atoms with Crippen LogP contribution in [0.4, 0.5) is 4.79 Å². The first kappa shape index (κ1) is 25.6. The van der Waals surface area contributed by atoms with Gasteiger partial charge in [-0.25, -0.2) is 0 Å². The second kappa shape index (κ2) is 10.9. The van der Waals surface area contributed by atoms with Gasteiger partial charge in [0.15, 0.2) is 0 Å². The molecular formula is C26H29AsNO6. The predicted octanol–water partition coefficient (Wildman–Crippen LogP) is 5.06. The molecule has 3 rings (SSSR count). The average Bonchev–Trinajstić information content (AvgIpc) is 2.80. The van der Waals surface area contributed by atoms with E-state index >= 15 is 0 Å². The summed E-state index contributed by atoms with van der Waals surface area (Å²) in [6, 6.07) is 15.3. The van der Waals surface area contributed by atoms with Crippen LogP contribution in [-0.2, 0) is 20.7 Å². The summed E-state index contributed by atoms with van der Waals surface area (Å²) in [5.74, 6) is 0.950. The zero-order chi connectivity index (χ0) is 24.9. The number of rotatable bonds is 8. The molecule has 1 heterocycles. The van der Waals surface area contributed by atoms with Crippen LogP contribution in [0.1, 0.15) is 26.3 Å². The minimum atomic E-state index is -1.04. The molecule has 34 heavy (non-hydrogen) atoms. The van der Waals surface area contributed by atoms with Crippen molar-refractivity contribution in [2.24, 2.45) is 0 Å². The first-order valence-corrected chi connectivity index (χ1v) is 12.8. The van der Waals surface area contributed by atoms with Crippen LogP contribution in [0.5, 0.6) is 11.5 Å². The minimum absolute atomic E-state index is 0.336. The molecule has 0 bridgehead atoms. The number of fused-ring (bicyclic) bond motifs is 1. The van der Waals surface area contributed by atoms with Gasteiger partial charge in [-0.3, -0.25) is 0 Å². The molecule has 1 aromatic heterocycles. The fourth-order valence-electron chi connectivity index (χ4n) is 3.50. The fraction of sp³-hybridized carbons (Fsp3) is 0.346. The summed E-state index contributed by atoms with van der Waals surface area (Å²) in [5.41, 5.74) is 2.64.